The fraction of sp³-hybridized carbons (Fsp3) is 0.474. The molecule has 1 amide bonds. The van der Waals surface area contributed by atoms with Gasteiger partial charge in [-0.2, -0.15) is 0 Å². The summed E-state index contributed by atoms with van der Waals surface area (Å²) in [6.45, 7) is 3.25. The quantitative estimate of drug-likeness (QED) is 0.874. The number of nitrogens with one attached hydrogen (secondary N) is 2. The van der Waals surface area contributed by atoms with Gasteiger partial charge in [-0.25, -0.2) is 0 Å². The van der Waals surface area contributed by atoms with Crippen molar-refractivity contribution in [2.45, 2.75) is 31.7 Å². The number of likely N-dealkylation sites (tertiary alicyclic amines) is 1. The van der Waals surface area contributed by atoms with E-state index in [-0.39, 0.29) is 17.5 Å². The second-order valence-electron chi connectivity index (χ2n) is 7.08. The molecule has 25 heavy (non-hydrogen) atoms. The molecule has 6 nitrogen and oxygen atoms in total. The molecule has 3 heterocycles. The van der Waals surface area contributed by atoms with Crippen LogP contribution in [0.3, 0.4) is 0 Å². The summed E-state index contributed by atoms with van der Waals surface area (Å²) in [6, 6.07) is 6.93. The van der Waals surface area contributed by atoms with E-state index in [9.17, 15) is 9.59 Å². The minimum Gasteiger partial charge on any atom is -0.463 e. The van der Waals surface area contributed by atoms with Crippen LogP contribution in [0.1, 0.15) is 36.0 Å². The number of piperidine rings is 1. The third-order valence-corrected chi connectivity index (χ3v) is 5.08. The van der Waals surface area contributed by atoms with E-state index < -0.39 is 5.56 Å². The van der Waals surface area contributed by atoms with E-state index in [1.54, 1.807) is 30.5 Å². The van der Waals surface area contributed by atoms with Crippen LogP contribution in [-0.2, 0) is 0 Å². The molecule has 2 N–H and O–H groups in total. The van der Waals surface area contributed by atoms with Crippen LogP contribution in [0.2, 0.25) is 0 Å². The molecule has 1 saturated carbocycles. The summed E-state index contributed by atoms with van der Waals surface area (Å²) >= 11 is 0. The third-order valence-electron chi connectivity index (χ3n) is 5.08. The van der Waals surface area contributed by atoms with Gasteiger partial charge in [0.2, 0.25) is 0 Å². The van der Waals surface area contributed by atoms with Crippen molar-refractivity contribution in [3.63, 3.8) is 0 Å². The first kappa shape index (κ1) is 16.1. The molecule has 2 aromatic heterocycles. The smallest absolute Gasteiger partial charge is 0.261 e. The highest BCUT2D eigenvalue weighted by Crippen LogP contribution is 2.30. The molecule has 2 fully saturated rings. The summed E-state index contributed by atoms with van der Waals surface area (Å²) < 4.78 is 5.26. The fourth-order valence-corrected chi connectivity index (χ4v) is 3.42. The van der Waals surface area contributed by atoms with E-state index in [1.807, 2.05) is 0 Å². The highest BCUT2D eigenvalue weighted by molar-refractivity contribution is 5.94. The number of furan rings is 1. The average Bonchev–Trinajstić information content (AvgIpc) is 3.25. The average molecular weight is 341 g/mol. The Labute approximate surface area is 146 Å². The molecule has 0 spiro atoms. The Morgan fingerprint density at radius 3 is 2.64 bits per heavy atom. The zero-order valence-electron chi connectivity index (χ0n) is 14.2. The summed E-state index contributed by atoms with van der Waals surface area (Å²) in [5.74, 6) is 1.18. The molecule has 0 unspecified atom stereocenters. The van der Waals surface area contributed by atoms with Gasteiger partial charge >= 0.3 is 0 Å². The van der Waals surface area contributed by atoms with Gasteiger partial charge in [-0.1, -0.05) is 0 Å². The van der Waals surface area contributed by atoms with Gasteiger partial charge in [0.05, 0.1) is 12.0 Å². The number of H-pyrrole nitrogens is 1. The lowest BCUT2D eigenvalue weighted by molar-refractivity contribution is 0.0908. The van der Waals surface area contributed by atoms with E-state index in [4.69, 9.17) is 4.42 Å². The molecule has 4 rings (SSSR count). The van der Waals surface area contributed by atoms with E-state index in [2.05, 4.69) is 15.2 Å². The summed E-state index contributed by atoms with van der Waals surface area (Å²) in [5, 5.41) is 3.01. The lowest BCUT2D eigenvalue weighted by Crippen LogP contribution is -2.46. The highest BCUT2D eigenvalue weighted by atomic mass is 16.3. The normalized spacial score (nSPS) is 19.0. The first-order valence-corrected chi connectivity index (χ1v) is 8.99. The van der Waals surface area contributed by atoms with Crippen molar-refractivity contribution in [2.75, 3.05) is 19.6 Å². The Morgan fingerprint density at radius 1 is 1.20 bits per heavy atom. The van der Waals surface area contributed by atoms with Crippen LogP contribution in [0.15, 0.2) is 39.7 Å². The molecule has 6 heteroatoms. The number of amides is 1. The lowest BCUT2D eigenvalue weighted by atomic mass is 10.0. The standard InChI is InChI=1S/C19H23N3O3/c23-18(20-14-7-9-22(10-8-14)12-13-3-4-13)15-5-6-16(21-19(15)24)17-2-1-11-25-17/h1-2,5-6,11,13-14H,3-4,7-10,12H2,(H,20,23)(H,21,24). The topological polar surface area (TPSA) is 78.3 Å². The maximum absolute atomic E-state index is 12.4. The van der Waals surface area contributed by atoms with E-state index in [0.717, 1.165) is 31.8 Å². The first-order valence-electron chi connectivity index (χ1n) is 8.99. The Hall–Kier alpha value is -2.34. The van der Waals surface area contributed by atoms with Crippen molar-refractivity contribution in [2.24, 2.45) is 5.92 Å². The minimum absolute atomic E-state index is 0.145. The summed E-state index contributed by atoms with van der Waals surface area (Å²) in [4.78, 5) is 29.9. The fourth-order valence-electron chi connectivity index (χ4n) is 3.42. The summed E-state index contributed by atoms with van der Waals surface area (Å²) in [6.07, 6.45) is 6.17. The molecule has 1 aliphatic heterocycles. The van der Waals surface area contributed by atoms with Crippen molar-refractivity contribution in [1.29, 1.82) is 0 Å². The molecule has 2 aromatic rings. The molecule has 0 bridgehead atoms. The number of aromatic nitrogens is 1. The number of hydrogen-bond acceptors (Lipinski definition) is 4. The molecule has 1 saturated heterocycles. The predicted octanol–water partition coefficient (Wildman–Crippen LogP) is 2.24. The van der Waals surface area contributed by atoms with Gasteiger partial charge in [0.1, 0.15) is 11.3 Å². The Morgan fingerprint density at radius 2 is 2.00 bits per heavy atom. The molecule has 0 radical (unpaired) electrons. The van der Waals surface area contributed by atoms with Crippen LogP contribution in [0.25, 0.3) is 11.5 Å². The van der Waals surface area contributed by atoms with Gasteiger partial charge in [-0.3, -0.25) is 9.59 Å². The number of aromatic amines is 1. The molecule has 0 aromatic carbocycles. The maximum atomic E-state index is 12.4. The van der Waals surface area contributed by atoms with Crippen LogP contribution in [0, 0.1) is 5.92 Å². The van der Waals surface area contributed by atoms with Gasteiger partial charge in [-0.05, 0) is 55.9 Å². The van der Waals surface area contributed by atoms with Crippen LogP contribution in [0.4, 0.5) is 0 Å². The number of carbonyl (C=O) groups excluding carboxylic acids is 1. The van der Waals surface area contributed by atoms with E-state index in [0.29, 0.717) is 11.5 Å². The number of rotatable bonds is 5. The van der Waals surface area contributed by atoms with Crippen molar-refractivity contribution in [1.82, 2.24) is 15.2 Å². The maximum Gasteiger partial charge on any atom is 0.261 e. The number of pyridine rings is 1. The second kappa shape index (κ2) is 6.88. The molecule has 2 aliphatic rings. The third kappa shape index (κ3) is 3.85. The zero-order valence-corrected chi connectivity index (χ0v) is 14.2. The monoisotopic (exact) mass is 341 g/mol. The Bertz CT molecular complexity index is 784. The van der Waals surface area contributed by atoms with Gasteiger partial charge < -0.3 is 19.6 Å². The minimum atomic E-state index is -0.391. The van der Waals surface area contributed by atoms with E-state index in [1.165, 1.54) is 19.4 Å². The largest absolute Gasteiger partial charge is 0.463 e. The van der Waals surface area contributed by atoms with Gasteiger partial charge in [-0.15, -0.1) is 0 Å². The molecule has 1 aliphatic carbocycles. The van der Waals surface area contributed by atoms with Gasteiger partial charge in [0, 0.05) is 25.7 Å². The Balaban J connectivity index is 1.35. The van der Waals surface area contributed by atoms with Crippen molar-refractivity contribution in [3.05, 3.63) is 46.4 Å². The van der Waals surface area contributed by atoms with Gasteiger partial charge in [0.15, 0.2) is 0 Å². The van der Waals surface area contributed by atoms with Crippen molar-refractivity contribution in [3.8, 4) is 11.5 Å². The van der Waals surface area contributed by atoms with Crippen molar-refractivity contribution < 1.29 is 9.21 Å². The van der Waals surface area contributed by atoms with Crippen LogP contribution in [-0.4, -0.2) is 41.5 Å². The zero-order chi connectivity index (χ0) is 17.2. The molecule has 132 valence electrons. The van der Waals surface area contributed by atoms with Crippen LogP contribution < -0.4 is 10.9 Å². The van der Waals surface area contributed by atoms with Crippen molar-refractivity contribution >= 4 is 5.91 Å². The molecule has 0 atom stereocenters. The number of nitrogens with zero attached hydrogens (tertiary/aromatic N) is 1. The molecular weight excluding hydrogens is 318 g/mol. The predicted molar refractivity (Wildman–Crippen MR) is 94.4 cm³/mol. The van der Waals surface area contributed by atoms with E-state index >= 15 is 0 Å². The number of hydrogen-bond donors (Lipinski definition) is 2. The second-order valence-corrected chi connectivity index (χ2v) is 7.08. The van der Waals surface area contributed by atoms with Crippen LogP contribution in [0.5, 0.6) is 0 Å². The highest BCUT2D eigenvalue weighted by Gasteiger charge is 2.27. The summed E-state index contributed by atoms with van der Waals surface area (Å²) in [7, 11) is 0. The van der Waals surface area contributed by atoms with Crippen LogP contribution >= 0.6 is 0 Å². The molecular formula is C19H23N3O3. The SMILES string of the molecule is O=C(NC1CCN(CC2CC2)CC1)c1ccc(-c2ccco2)[nH]c1=O. The number of carbonyl (C=O) groups is 1. The first-order chi connectivity index (χ1) is 12.2. The van der Waals surface area contributed by atoms with Gasteiger partial charge in [0.25, 0.3) is 11.5 Å². The summed E-state index contributed by atoms with van der Waals surface area (Å²) in [5.41, 5.74) is 0.327. The Kier molecular flexibility index (Phi) is 4.44. The lowest BCUT2D eigenvalue weighted by Gasteiger charge is -2.32.